The van der Waals surface area contributed by atoms with E-state index in [1.807, 2.05) is 0 Å². The quantitative estimate of drug-likeness (QED) is 0.783. The van der Waals surface area contributed by atoms with Gasteiger partial charge in [0.05, 0.1) is 24.2 Å². The zero-order valence-corrected chi connectivity index (χ0v) is 10.2. The summed E-state index contributed by atoms with van der Waals surface area (Å²) in [4.78, 5) is 10.8. The van der Waals surface area contributed by atoms with Gasteiger partial charge in [-0.2, -0.15) is 0 Å². The van der Waals surface area contributed by atoms with E-state index in [4.69, 9.17) is 5.73 Å². The lowest BCUT2D eigenvalue weighted by molar-refractivity contribution is 0.0480. The van der Waals surface area contributed by atoms with Crippen molar-refractivity contribution in [2.45, 2.75) is 31.5 Å². The Labute approximate surface area is 106 Å². The van der Waals surface area contributed by atoms with Crippen LogP contribution < -0.4 is 5.73 Å². The predicted molar refractivity (Wildman–Crippen MR) is 66.4 cm³/mol. The lowest BCUT2D eigenvalue weighted by Crippen LogP contribution is -2.40. The largest absolute Gasteiger partial charge is 0.391 e. The number of nitrogens with zero attached hydrogens (tertiary/aromatic N) is 3. The first-order valence-corrected chi connectivity index (χ1v) is 6.71. The van der Waals surface area contributed by atoms with Crippen LogP contribution in [-0.2, 0) is 6.54 Å². The number of likely N-dealkylation sites (tertiary alicyclic amines) is 1. The first kappa shape index (κ1) is 10.7. The normalized spacial score (nSPS) is 41.7. The molecule has 0 spiro atoms. The van der Waals surface area contributed by atoms with E-state index in [2.05, 4.69) is 14.9 Å². The van der Waals surface area contributed by atoms with E-state index in [1.165, 1.54) is 12.8 Å². The molecule has 4 rings (SSSR count). The number of rotatable bonds is 2. The van der Waals surface area contributed by atoms with E-state index in [-0.39, 0.29) is 6.10 Å². The molecule has 5 unspecified atom stereocenters. The van der Waals surface area contributed by atoms with Gasteiger partial charge in [0.1, 0.15) is 5.82 Å². The lowest BCUT2D eigenvalue weighted by Gasteiger charge is -2.28. The van der Waals surface area contributed by atoms with Gasteiger partial charge in [-0.25, -0.2) is 4.98 Å². The maximum atomic E-state index is 10.3. The molecule has 0 radical (unpaired) electrons. The van der Waals surface area contributed by atoms with Crippen molar-refractivity contribution in [1.29, 1.82) is 0 Å². The molecule has 0 amide bonds. The van der Waals surface area contributed by atoms with Gasteiger partial charge in [-0.05, 0) is 30.6 Å². The Morgan fingerprint density at radius 2 is 2.17 bits per heavy atom. The summed E-state index contributed by atoms with van der Waals surface area (Å²) in [5.74, 6) is 2.52. The monoisotopic (exact) mass is 246 g/mol. The number of nitrogens with two attached hydrogens (primary N) is 1. The highest BCUT2D eigenvalue weighted by atomic mass is 16.3. The third-order valence-electron chi connectivity index (χ3n) is 5.04. The van der Waals surface area contributed by atoms with E-state index < -0.39 is 0 Å². The minimum Gasteiger partial charge on any atom is -0.391 e. The van der Waals surface area contributed by atoms with Gasteiger partial charge in [0.15, 0.2) is 0 Å². The average Bonchev–Trinajstić information content (AvgIpc) is 2.94. The Hall–Kier alpha value is -1.20. The highest BCUT2D eigenvalue weighted by molar-refractivity contribution is 5.23. The zero-order valence-electron chi connectivity index (χ0n) is 10.2. The number of fused-ring (bicyclic) bond motifs is 1. The summed E-state index contributed by atoms with van der Waals surface area (Å²) in [5, 5.41) is 10.3. The molecule has 3 aliphatic rings. The van der Waals surface area contributed by atoms with Crippen molar-refractivity contribution >= 4 is 5.82 Å². The van der Waals surface area contributed by atoms with Crippen molar-refractivity contribution in [2.75, 3.05) is 12.3 Å². The molecule has 5 nitrogen and oxygen atoms in total. The van der Waals surface area contributed by atoms with Crippen LogP contribution in [0, 0.1) is 17.8 Å². The Bertz CT molecular complexity index is 461. The number of aromatic nitrogens is 2. The Balaban J connectivity index is 1.55. The molecule has 5 heteroatoms. The fraction of sp³-hybridized carbons (Fsp3) is 0.692. The number of nitrogen functional groups attached to an aromatic ring is 1. The van der Waals surface area contributed by atoms with Gasteiger partial charge in [0.2, 0.25) is 0 Å². The zero-order chi connectivity index (χ0) is 12.3. The van der Waals surface area contributed by atoms with E-state index in [0.717, 1.165) is 24.7 Å². The second-order valence-electron chi connectivity index (χ2n) is 6.00. The minimum atomic E-state index is -0.129. The Morgan fingerprint density at radius 1 is 1.28 bits per heavy atom. The summed E-state index contributed by atoms with van der Waals surface area (Å²) in [7, 11) is 0. The molecule has 3 fully saturated rings. The van der Waals surface area contributed by atoms with E-state index >= 15 is 0 Å². The van der Waals surface area contributed by atoms with Gasteiger partial charge in [-0.1, -0.05) is 0 Å². The molecular weight excluding hydrogens is 228 g/mol. The van der Waals surface area contributed by atoms with Gasteiger partial charge >= 0.3 is 0 Å². The molecule has 1 aromatic heterocycles. The summed E-state index contributed by atoms with van der Waals surface area (Å²) in [6.07, 6.45) is 5.66. The van der Waals surface area contributed by atoms with Crippen LogP contribution in [0.15, 0.2) is 12.4 Å². The topological polar surface area (TPSA) is 75.3 Å². The molecule has 2 saturated carbocycles. The molecule has 96 valence electrons. The summed E-state index contributed by atoms with van der Waals surface area (Å²) in [6, 6.07) is 0.355. The molecule has 1 aromatic rings. The van der Waals surface area contributed by atoms with Crippen molar-refractivity contribution in [3.8, 4) is 0 Å². The number of aliphatic hydroxyl groups is 1. The molecule has 2 aliphatic carbocycles. The molecule has 3 N–H and O–H groups in total. The number of aliphatic hydroxyl groups excluding tert-OH is 1. The van der Waals surface area contributed by atoms with Gasteiger partial charge in [0, 0.05) is 19.1 Å². The molecule has 0 aromatic carbocycles. The van der Waals surface area contributed by atoms with E-state index in [9.17, 15) is 5.11 Å². The second-order valence-corrected chi connectivity index (χ2v) is 6.00. The average molecular weight is 246 g/mol. The van der Waals surface area contributed by atoms with Crippen molar-refractivity contribution in [1.82, 2.24) is 14.9 Å². The molecule has 1 aliphatic heterocycles. The third kappa shape index (κ3) is 1.40. The minimum absolute atomic E-state index is 0.129. The summed E-state index contributed by atoms with van der Waals surface area (Å²) >= 11 is 0. The van der Waals surface area contributed by atoms with E-state index in [0.29, 0.717) is 23.7 Å². The van der Waals surface area contributed by atoms with E-state index in [1.54, 1.807) is 12.4 Å². The van der Waals surface area contributed by atoms with Gasteiger partial charge in [0.25, 0.3) is 0 Å². The predicted octanol–water partition coefficient (Wildman–Crippen LogP) is 0.260. The van der Waals surface area contributed by atoms with Crippen LogP contribution in [0.25, 0.3) is 0 Å². The van der Waals surface area contributed by atoms with Crippen LogP contribution >= 0.6 is 0 Å². The van der Waals surface area contributed by atoms with Crippen molar-refractivity contribution in [2.24, 2.45) is 17.8 Å². The maximum absolute atomic E-state index is 10.3. The van der Waals surface area contributed by atoms with Gasteiger partial charge < -0.3 is 10.8 Å². The van der Waals surface area contributed by atoms with Crippen molar-refractivity contribution < 1.29 is 5.11 Å². The Kier molecular flexibility index (Phi) is 2.17. The Morgan fingerprint density at radius 3 is 2.89 bits per heavy atom. The molecule has 18 heavy (non-hydrogen) atoms. The molecular formula is C13H18N4O. The van der Waals surface area contributed by atoms with Crippen molar-refractivity contribution in [3.05, 3.63) is 18.1 Å². The van der Waals surface area contributed by atoms with Crippen LogP contribution in [0.5, 0.6) is 0 Å². The van der Waals surface area contributed by atoms with Crippen LogP contribution in [-0.4, -0.2) is 38.7 Å². The highest BCUT2D eigenvalue weighted by Gasteiger charge is 2.58. The van der Waals surface area contributed by atoms with Gasteiger partial charge in [-0.15, -0.1) is 0 Å². The SMILES string of the molecule is Nc1cnc(CN2CC3CC4CC3C2C4O)cn1. The first-order chi connectivity index (χ1) is 8.72. The molecule has 2 bridgehead atoms. The summed E-state index contributed by atoms with van der Waals surface area (Å²) < 4.78 is 0. The second kappa shape index (κ2) is 3.65. The van der Waals surface area contributed by atoms with Crippen LogP contribution in [0.3, 0.4) is 0 Å². The fourth-order valence-corrected chi connectivity index (χ4v) is 4.38. The van der Waals surface area contributed by atoms with Crippen LogP contribution in [0.4, 0.5) is 5.82 Å². The maximum Gasteiger partial charge on any atom is 0.141 e. The number of anilines is 1. The van der Waals surface area contributed by atoms with Crippen LogP contribution in [0.1, 0.15) is 18.5 Å². The number of hydrogen-bond acceptors (Lipinski definition) is 5. The molecule has 2 heterocycles. The summed E-state index contributed by atoms with van der Waals surface area (Å²) in [5.41, 5.74) is 6.49. The smallest absolute Gasteiger partial charge is 0.141 e. The fourth-order valence-electron chi connectivity index (χ4n) is 4.38. The third-order valence-corrected chi connectivity index (χ3v) is 5.04. The molecule has 5 atom stereocenters. The van der Waals surface area contributed by atoms with Crippen LogP contribution in [0.2, 0.25) is 0 Å². The standard InChI is InChI=1S/C13H18N4O/c14-11-4-15-9(3-16-11)6-17-5-8-1-7-2-10(8)12(17)13(7)18/h3-4,7-8,10,12-13,18H,1-2,5-6H2,(H2,14,16). The van der Waals surface area contributed by atoms with Crippen molar-refractivity contribution in [3.63, 3.8) is 0 Å². The number of hydrogen-bond donors (Lipinski definition) is 2. The lowest BCUT2D eigenvalue weighted by atomic mass is 9.88. The summed E-state index contributed by atoms with van der Waals surface area (Å²) in [6.45, 7) is 1.89. The van der Waals surface area contributed by atoms with Gasteiger partial charge in [-0.3, -0.25) is 9.88 Å². The highest BCUT2D eigenvalue weighted by Crippen LogP contribution is 2.55. The molecule has 1 saturated heterocycles. The first-order valence-electron chi connectivity index (χ1n) is 6.71.